The quantitative estimate of drug-likeness (QED) is 0.913. The van der Waals surface area contributed by atoms with Crippen LogP contribution in [0.2, 0.25) is 0 Å². The maximum atomic E-state index is 12.4. The van der Waals surface area contributed by atoms with E-state index in [1.165, 1.54) is 17.7 Å². The van der Waals surface area contributed by atoms with Gasteiger partial charge in [0.15, 0.2) is 0 Å². The van der Waals surface area contributed by atoms with Crippen molar-refractivity contribution in [2.24, 2.45) is 5.92 Å². The molecular weight excluding hydrogens is 323 g/mol. The Hall–Kier alpha value is -1.77. The van der Waals surface area contributed by atoms with Crippen LogP contribution in [-0.4, -0.2) is 64.5 Å². The molecule has 2 aliphatic rings. The maximum Gasteiger partial charge on any atom is 0.401 e. The van der Waals surface area contributed by atoms with Crippen molar-refractivity contribution in [2.75, 3.05) is 38.0 Å². The fourth-order valence-electron chi connectivity index (χ4n) is 3.07. The third kappa shape index (κ3) is 4.19. The monoisotopic (exact) mass is 345 g/mol. The first-order chi connectivity index (χ1) is 11.3. The Labute approximate surface area is 138 Å². The molecule has 1 aromatic heterocycles. The summed E-state index contributed by atoms with van der Waals surface area (Å²) in [5.41, 5.74) is 0. The van der Waals surface area contributed by atoms with Gasteiger partial charge < -0.3 is 4.90 Å². The van der Waals surface area contributed by atoms with Crippen LogP contribution in [0.5, 0.6) is 0 Å². The molecule has 6 nitrogen and oxygen atoms in total. The number of hydrogen-bond donors (Lipinski definition) is 1. The van der Waals surface area contributed by atoms with E-state index in [0.717, 1.165) is 0 Å². The van der Waals surface area contributed by atoms with E-state index in [2.05, 4.69) is 17.3 Å². The second kappa shape index (κ2) is 6.62. The number of anilines is 1. The molecule has 1 saturated heterocycles. The second-order valence-electron chi connectivity index (χ2n) is 6.55. The minimum absolute atomic E-state index is 0.227. The number of nitrogens with one attached hydrogen (secondary N) is 1. The first-order valence-electron chi connectivity index (χ1n) is 8.22. The van der Waals surface area contributed by atoms with E-state index in [9.17, 15) is 18.0 Å². The average Bonchev–Trinajstić information content (AvgIpc) is 3.26. The molecule has 1 N–H and O–H groups in total. The number of carbonyl (C=O) groups is 1. The topological polar surface area (TPSA) is 53.4 Å². The molecule has 3 rings (SSSR count). The maximum absolute atomic E-state index is 12.4. The molecule has 24 heavy (non-hydrogen) atoms. The van der Waals surface area contributed by atoms with Crippen LogP contribution in [0.4, 0.5) is 23.8 Å². The number of alkyl halides is 3. The van der Waals surface area contributed by atoms with Crippen molar-refractivity contribution < 1.29 is 18.0 Å². The largest absolute Gasteiger partial charge is 0.401 e. The zero-order chi connectivity index (χ0) is 17.3. The molecule has 0 bridgehead atoms. The van der Waals surface area contributed by atoms with Gasteiger partial charge in [-0.1, -0.05) is 0 Å². The number of urea groups is 1. The molecule has 0 aromatic carbocycles. The minimum Gasteiger partial charge on any atom is -0.322 e. The van der Waals surface area contributed by atoms with Crippen molar-refractivity contribution in [2.45, 2.75) is 32.0 Å². The number of carbonyl (C=O) groups excluding carboxylic acids is 1. The first-order valence-corrected chi connectivity index (χ1v) is 8.22. The number of hydrogen-bond acceptors (Lipinski definition) is 3. The fourth-order valence-corrected chi connectivity index (χ4v) is 3.07. The molecule has 0 radical (unpaired) electrons. The van der Waals surface area contributed by atoms with Crippen LogP contribution in [0.15, 0.2) is 12.3 Å². The fraction of sp³-hybridized carbons (Fsp3) is 0.733. The number of piperazine rings is 1. The SMILES string of the molecule is CC(C1CC1)n1nccc1NC(=O)N1CCN(CC(F)(F)F)CC1. The second-order valence-corrected chi connectivity index (χ2v) is 6.55. The van der Waals surface area contributed by atoms with E-state index in [0.29, 0.717) is 11.7 Å². The van der Waals surface area contributed by atoms with Gasteiger partial charge >= 0.3 is 12.2 Å². The summed E-state index contributed by atoms with van der Waals surface area (Å²) < 4.78 is 39.0. The van der Waals surface area contributed by atoms with Crippen LogP contribution in [0.1, 0.15) is 25.8 Å². The highest BCUT2D eigenvalue weighted by molar-refractivity contribution is 5.88. The number of nitrogens with zero attached hydrogens (tertiary/aromatic N) is 4. The average molecular weight is 345 g/mol. The summed E-state index contributed by atoms with van der Waals surface area (Å²) in [6.45, 7) is 2.18. The van der Waals surface area contributed by atoms with E-state index in [1.54, 1.807) is 17.2 Å². The first kappa shape index (κ1) is 17.1. The van der Waals surface area contributed by atoms with Gasteiger partial charge in [0.1, 0.15) is 5.82 Å². The summed E-state index contributed by atoms with van der Waals surface area (Å²) in [6.07, 6.45) is -0.198. The number of rotatable bonds is 4. The smallest absolute Gasteiger partial charge is 0.322 e. The van der Waals surface area contributed by atoms with Crippen LogP contribution in [0, 0.1) is 5.92 Å². The molecule has 1 atom stereocenters. The predicted octanol–water partition coefficient (Wildman–Crippen LogP) is 2.57. The normalized spacial score (nSPS) is 20.9. The summed E-state index contributed by atoms with van der Waals surface area (Å²) >= 11 is 0. The van der Waals surface area contributed by atoms with Crippen LogP contribution < -0.4 is 5.32 Å². The third-order valence-electron chi connectivity index (χ3n) is 4.66. The molecule has 0 spiro atoms. The van der Waals surface area contributed by atoms with E-state index < -0.39 is 12.7 Å². The van der Waals surface area contributed by atoms with E-state index in [4.69, 9.17) is 0 Å². The minimum atomic E-state index is -4.20. The molecule has 1 aromatic rings. The van der Waals surface area contributed by atoms with Crippen molar-refractivity contribution in [1.29, 1.82) is 0 Å². The Morgan fingerprint density at radius 1 is 1.33 bits per heavy atom. The van der Waals surface area contributed by atoms with Crippen LogP contribution >= 0.6 is 0 Å². The van der Waals surface area contributed by atoms with Gasteiger partial charge in [-0.15, -0.1) is 0 Å². The molecule has 2 amide bonds. The number of halogens is 3. The lowest BCUT2D eigenvalue weighted by molar-refractivity contribution is -0.148. The van der Waals surface area contributed by atoms with Gasteiger partial charge in [-0.3, -0.25) is 10.2 Å². The van der Waals surface area contributed by atoms with Crippen molar-refractivity contribution in [3.05, 3.63) is 12.3 Å². The Balaban J connectivity index is 1.52. The van der Waals surface area contributed by atoms with E-state index in [1.807, 2.05) is 4.68 Å². The Morgan fingerprint density at radius 2 is 2.00 bits per heavy atom. The Kier molecular flexibility index (Phi) is 4.71. The molecule has 2 heterocycles. The lowest BCUT2D eigenvalue weighted by Gasteiger charge is -2.35. The van der Waals surface area contributed by atoms with Crippen molar-refractivity contribution in [1.82, 2.24) is 19.6 Å². The Morgan fingerprint density at radius 3 is 2.58 bits per heavy atom. The molecule has 2 fully saturated rings. The molecule has 1 unspecified atom stereocenters. The van der Waals surface area contributed by atoms with Crippen LogP contribution in [-0.2, 0) is 0 Å². The molecule has 9 heteroatoms. The molecule has 134 valence electrons. The van der Waals surface area contributed by atoms with Gasteiger partial charge in [0.05, 0.1) is 18.8 Å². The highest BCUT2D eigenvalue weighted by atomic mass is 19.4. The zero-order valence-electron chi connectivity index (χ0n) is 13.6. The van der Waals surface area contributed by atoms with Crippen molar-refractivity contribution >= 4 is 11.8 Å². The summed E-state index contributed by atoms with van der Waals surface area (Å²) in [6, 6.07) is 1.70. The van der Waals surface area contributed by atoms with Gasteiger partial charge in [0, 0.05) is 32.2 Å². The molecule has 1 aliphatic carbocycles. The van der Waals surface area contributed by atoms with Gasteiger partial charge in [0.2, 0.25) is 0 Å². The highest BCUT2D eigenvalue weighted by Crippen LogP contribution is 2.40. The van der Waals surface area contributed by atoms with Crippen LogP contribution in [0.3, 0.4) is 0 Å². The highest BCUT2D eigenvalue weighted by Gasteiger charge is 2.33. The van der Waals surface area contributed by atoms with Gasteiger partial charge in [-0.05, 0) is 25.7 Å². The van der Waals surface area contributed by atoms with Gasteiger partial charge in [0.25, 0.3) is 0 Å². The molecular formula is C15H22F3N5O. The van der Waals surface area contributed by atoms with Crippen molar-refractivity contribution in [3.63, 3.8) is 0 Å². The van der Waals surface area contributed by atoms with Crippen LogP contribution in [0.25, 0.3) is 0 Å². The molecule has 1 saturated carbocycles. The predicted molar refractivity (Wildman–Crippen MR) is 82.7 cm³/mol. The summed E-state index contributed by atoms with van der Waals surface area (Å²) in [5, 5.41) is 7.11. The zero-order valence-corrected chi connectivity index (χ0v) is 13.6. The van der Waals surface area contributed by atoms with Gasteiger partial charge in [-0.25, -0.2) is 9.48 Å². The van der Waals surface area contributed by atoms with Gasteiger partial charge in [-0.2, -0.15) is 18.3 Å². The number of aromatic nitrogens is 2. The van der Waals surface area contributed by atoms with Crippen molar-refractivity contribution in [3.8, 4) is 0 Å². The standard InChI is InChI=1S/C15H22F3N5O/c1-11(12-2-3-12)23-13(4-5-19-23)20-14(24)22-8-6-21(7-9-22)10-15(16,17)18/h4-5,11-12H,2-3,6-10H2,1H3,(H,20,24). The Bertz CT molecular complexity index is 576. The summed E-state index contributed by atoms with van der Waals surface area (Å²) in [7, 11) is 0. The number of amides is 2. The lowest BCUT2D eigenvalue weighted by atomic mass is 10.2. The lowest BCUT2D eigenvalue weighted by Crippen LogP contribution is -2.52. The third-order valence-corrected chi connectivity index (χ3v) is 4.66. The van der Waals surface area contributed by atoms with E-state index in [-0.39, 0.29) is 38.3 Å². The molecule has 1 aliphatic heterocycles. The summed E-state index contributed by atoms with van der Waals surface area (Å²) in [4.78, 5) is 15.2. The summed E-state index contributed by atoms with van der Waals surface area (Å²) in [5.74, 6) is 1.24. The van der Waals surface area contributed by atoms with E-state index >= 15 is 0 Å².